The molecule has 0 bridgehead atoms. The summed E-state index contributed by atoms with van der Waals surface area (Å²) < 4.78 is 4.67. The molecule has 0 radical (unpaired) electrons. The molecule has 0 heterocycles. The normalized spacial score (nSPS) is 9.91. The molecule has 1 amide bonds. The van der Waals surface area contributed by atoms with E-state index in [1.165, 1.54) is 7.11 Å². The fourth-order valence-electron chi connectivity index (χ4n) is 1.97. The minimum Gasteiger partial charge on any atom is -0.465 e. The van der Waals surface area contributed by atoms with E-state index >= 15 is 0 Å². The van der Waals surface area contributed by atoms with Gasteiger partial charge in [-0.3, -0.25) is 4.79 Å². The van der Waals surface area contributed by atoms with Crippen LogP contribution < -0.4 is 10.2 Å². The third-order valence-electron chi connectivity index (χ3n) is 3.25. The number of anilines is 2. The van der Waals surface area contributed by atoms with E-state index in [0.29, 0.717) is 11.3 Å². The molecule has 22 heavy (non-hydrogen) atoms. The molecule has 2 aromatic rings. The van der Waals surface area contributed by atoms with Crippen molar-refractivity contribution in [3.8, 4) is 0 Å². The maximum absolute atomic E-state index is 12.2. The van der Waals surface area contributed by atoms with Gasteiger partial charge in [-0.25, -0.2) is 4.79 Å². The highest BCUT2D eigenvalue weighted by molar-refractivity contribution is 5.96. The topological polar surface area (TPSA) is 58.6 Å². The maximum atomic E-state index is 12.2. The van der Waals surface area contributed by atoms with Crippen molar-refractivity contribution in [1.29, 1.82) is 0 Å². The van der Waals surface area contributed by atoms with Crippen molar-refractivity contribution < 1.29 is 14.3 Å². The molecule has 0 aromatic heterocycles. The molecule has 0 saturated heterocycles. The van der Waals surface area contributed by atoms with Gasteiger partial charge in [-0.2, -0.15) is 0 Å². The first-order valence-electron chi connectivity index (χ1n) is 6.85. The molecule has 5 nitrogen and oxygen atoms in total. The summed E-state index contributed by atoms with van der Waals surface area (Å²) in [5, 5.41) is 3.02. The molecular formula is C17H18N2O3. The maximum Gasteiger partial charge on any atom is 0.337 e. The molecule has 114 valence electrons. The number of carbonyl (C=O) groups excluding carboxylic acids is 2. The highest BCUT2D eigenvalue weighted by Gasteiger charge is 2.11. The number of benzene rings is 2. The number of nitrogens with one attached hydrogen (secondary N) is 1. The van der Waals surface area contributed by atoms with E-state index in [1.807, 2.05) is 30.3 Å². The summed E-state index contributed by atoms with van der Waals surface area (Å²) in [4.78, 5) is 25.2. The Labute approximate surface area is 129 Å². The number of amides is 1. The summed E-state index contributed by atoms with van der Waals surface area (Å²) in [6, 6.07) is 16.3. The van der Waals surface area contributed by atoms with Gasteiger partial charge in [-0.15, -0.1) is 0 Å². The Morgan fingerprint density at radius 1 is 1.09 bits per heavy atom. The Hall–Kier alpha value is -2.82. The lowest BCUT2D eigenvalue weighted by atomic mass is 10.2. The largest absolute Gasteiger partial charge is 0.465 e. The number of likely N-dealkylation sites (N-methyl/N-ethyl adjacent to an activating group) is 1. The summed E-state index contributed by atoms with van der Waals surface area (Å²) in [5.74, 6) is -0.481. The zero-order valence-electron chi connectivity index (χ0n) is 12.6. The highest BCUT2D eigenvalue weighted by atomic mass is 16.5. The zero-order chi connectivity index (χ0) is 15.9. The van der Waals surface area contributed by atoms with Crippen LogP contribution in [0, 0.1) is 0 Å². The van der Waals surface area contributed by atoms with Crippen molar-refractivity contribution >= 4 is 23.3 Å². The van der Waals surface area contributed by atoms with Crippen molar-refractivity contribution in [1.82, 2.24) is 0 Å². The van der Waals surface area contributed by atoms with Gasteiger partial charge >= 0.3 is 5.97 Å². The predicted octanol–water partition coefficient (Wildman–Crippen LogP) is 2.55. The SMILES string of the molecule is COC(=O)c1cccc(NCC(=O)N(C)c2ccccc2)c1. The van der Waals surface area contributed by atoms with E-state index in [4.69, 9.17) is 0 Å². The van der Waals surface area contributed by atoms with Gasteiger partial charge in [-0.1, -0.05) is 24.3 Å². The third-order valence-corrected chi connectivity index (χ3v) is 3.25. The monoisotopic (exact) mass is 298 g/mol. The van der Waals surface area contributed by atoms with Gasteiger partial charge in [-0.05, 0) is 30.3 Å². The predicted molar refractivity (Wildman–Crippen MR) is 86.1 cm³/mol. The number of ether oxygens (including phenoxy) is 1. The first-order valence-corrected chi connectivity index (χ1v) is 6.85. The number of carbonyl (C=O) groups is 2. The van der Waals surface area contributed by atoms with Crippen LogP contribution in [0.15, 0.2) is 54.6 Å². The second kappa shape index (κ2) is 7.26. The molecule has 0 saturated carbocycles. The van der Waals surface area contributed by atoms with Crippen LogP contribution in [0.1, 0.15) is 10.4 Å². The van der Waals surface area contributed by atoms with Crippen molar-refractivity contribution in [2.45, 2.75) is 0 Å². The fourth-order valence-corrected chi connectivity index (χ4v) is 1.97. The van der Waals surface area contributed by atoms with Crippen LogP contribution in [0.25, 0.3) is 0 Å². The average molecular weight is 298 g/mol. The van der Waals surface area contributed by atoms with Crippen molar-refractivity contribution in [2.24, 2.45) is 0 Å². The van der Waals surface area contributed by atoms with Crippen LogP contribution in [0.5, 0.6) is 0 Å². The Morgan fingerprint density at radius 2 is 1.82 bits per heavy atom. The number of rotatable bonds is 5. The molecule has 0 spiro atoms. The van der Waals surface area contributed by atoms with Crippen molar-refractivity contribution in [3.05, 3.63) is 60.2 Å². The van der Waals surface area contributed by atoms with Gasteiger partial charge in [0.05, 0.1) is 19.2 Å². The minimum atomic E-state index is -0.406. The molecule has 2 rings (SSSR count). The van der Waals surface area contributed by atoms with E-state index in [-0.39, 0.29) is 12.5 Å². The first-order chi connectivity index (χ1) is 10.6. The van der Waals surface area contributed by atoms with Gasteiger partial charge in [0.2, 0.25) is 5.91 Å². The van der Waals surface area contributed by atoms with Gasteiger partial charge in [0.1, 0.15) is 0 Å². The number of hydrogen-bond acceptors (Lipinski definition) is 4. The van der Waals surface area contributed by atoms with Crippen molar-refractivity contribution in [3.63, 3.8) is 0 Å². The number of hydrogen-bond donors (Lipinski definition) is 1. The Kier molecular flexibility index (Phi) is 5.14. The third kappa shape index (κ3) is 3.85. The average Bonchev–Trinajstić information content (AvgIpc) is 2.59. The molecule has 2 aromatic carbocycles. The molecule has 0 fully saturated rings. The molecule has 0 aliphatic carbocycles. The smallest absolute Gasteiger partial charge is 0.337 e. The van der Waals surface area contributed by atoms with Crippen LogP contribution >= 0.6 is 0 Å². The van der Waals surface area contributed by atoms with Gasteiger partial charge in [0.15, 0.2) is 0 Å². The Balaban J connectivity index is 1.98. The molecule has 1 N–H and O–H groups in total. The summed E-state index contributed by atoms with van der Waals surface area (Å²) >= 11 is 0. The summed E-state index contributed by atoms with van der Waals surface area (Å²) in [7, 11) is 3.06. The lowest BCUT2D eigenvalue weighted by molar-refractivity contribution is -0.116. The van der Waals surface area contributed by atoms with Crippen LogP contribution in [0.4, 0.5) is 11.4 Å². The number of esters is 1. The summed E-state index contributed by atoms with van der Waals surface area (Å²) in [5.41, 5.74) is 1.96. The van der Waals surface area contributed by atoms with Crippen molar-refractivity contribution in [2.75, 3.05) is 30.9 Å². The second-order valence-electron chi connectivity index (χ2n) is 4.71. The Morgan fingerprint density at radius 3 is 2.50 bits per heavy atom. The Bertz CT molecular complexity index is 656. The quantitative estimate of drug-likeness (QED) is 0.862. The molecule has 0 atom stereocenters. The van der Waals surface area contributed by atoms with Gasteiger partial charge in [0.25, 0.3) is 0 Å². The van der Waals surface area contributed by atoms with E-state index < -0.39 is 5.97 Å². The lowest BCUT2D eigenvalue weighted by Gasteiger charge is -2.18. The highest BCUT2D eigenvalue weighted by Crippen LogP contribution is 2.13. The number of methoxy groups -OCH3 is 1. The fraction of sp³-hybridized carbons (Fsp3) is 0.176. The lowest BCUT2D eigenvalue weighted by Crippen LogP contribution is -2.32. The number of para-hydroxylation sites is 1. The van der Waals surface area contributed by atoms with Crippen LogP contribution in [-0.4, -0.2) is 32.6 Å². The van der Waals surface area contributed by atoms with E-state index in [0.717, 1.165) is 5.69 Å². The molecule has 0 aliphatic rings. The van der Waals surface area contributed by atoms with Gasteiger partial charge in [0, 0.05) is 18.4 Å². The summed E-state index contributed by atoms with van der Waals surface area (Å²) in [6.07, 6.45) is 0. The second-order valence-corrected chi connectivity index (χ2v) is 4.71. The van der Waals surface area contributed by atoms with Gasteiger partial charge < -0.3 is 15.0 Å². The van der Waals surface area contributed by atoms with E-state index in [1.54, 1.807) is 36.2 Å². The van der Waals surface area contributed by atoms with Crippen LogP contribution in [-0.2, 0) is 9.53 Å². The molecule has 0 aliphatic heterocycles. The first kappa shape index (κ1) is 15.6. The zero-order valence-corrected chi connectivity index (χ0v) is 12.6. The standard InChI is InChI=1S/C17H18N2O3/c1-19(15-9-4-3-5-10-15)16(20)12-18-14-8-6-7-13(11-14)17(21)22-2/h3-11,18H,12H2,1-2H3. The van der Waals surface area contributed by atoms with Crippen LogP contribution in [0.3, 0.4) is 0 Å². The van der Waals surface area contributed by atoms with Crippen LogP contribution in [0.2, 0.25) is 0 Å². The molecule has 0 unspecified atom stereocenters. The number of nitrogens with zero attached hydrogens (tertiary/aromatic N) is 1. The minimum absolute atomic E-state index is 0.0744. The van der Waals surface area contributed by atoms with E-state index in [9.17, 15) is 9.59 Å². The van der Waals surface area contributed by atoms with E-state index in [2.05, 4.69) is 10.1 Å². The summed E-state index contributed by atoms with van der Waals surface area (Å²) in [6.45, 7) is 0.135. The molecule has 5 heteroatoms. The molecular weight excluding hydrogens is 280 g/mol.